The minimum atomic E-state index is -0.0928. The van der Waals surface area contributed by atoms with Crippen LogP contribution in [0.15, 0.2) is 5.16 Å². The number of thioether (sulfide) groups is 1. The van der Waals surface area contributed by atoms with Gasteiger partial charge in [-0.2, -0.15) is 0 Å². The molecule has 0 atom stereocenters. The van der Waals surface area contributed by atoms with Crippen LogP contribution in [-0.2, 0) is 11.3 Å². The molecule has 0 radical (unpaired) electrons. The zero-order chi connectivity index (χ0) is 14.3. The van der Waals surface area contributed by atoms with Gasteiger partial charge in [-0.05, 0) is 30.7 Å². The zero-order valence-corrected chi connectivity index (χ0v) is 13.3. The van der Waals surface area contributed by atoms with Crippen LogP contribution in [0, 0.1) is 0 Å². The van der Waals surface area contributed by atoms with Gasteiger partial charge in [0.05, 0.1) is 12.1 Å². The van der Waals surface area contributed by atoms with Gasteiger partial charge in [0.15, 0.2) is 0 Å². The average molecular weight is 287 g/mol. The maximum absolute atomic E-state index is 5.40. The summed E-state index contributed by atoms with van der Waals surface area (Å²) in [6.45, 7) is 10.1. The van der Waals surface area contributed by atoms with Crippen LogP contribution in [0.5, 0.6) is 0 Å². The molecule has 0 unspecified atom stereocenters. The Hall–Kier alpha value is -0.660. The number of nitrogens with zero attached hydrogens (tertiary/aromatic N) is 4. The number of rotatable bonds is 9. The van der Waals surface area contributed by atoms with Crippen molar-refractivity contribution in [3.8, 4) is 0 Å². The molecule has 19 heavy (non-hydrogen) atoms. The van der Waals surface area contributed by atoms with Gasteiger partial charge < -0.3 is 10.1 Å². The third-order valence-electron chi connectivity index (χ3n) is 2.86. The number of methoxy groups -OCH3 is 1. The average Bonchev–Trinajstić information content (AvgIpc) is 2.76. The minimum absolute atomic E-state index is 0.0928. The molecule has 110 valence electrons. The second kappa shape index (κ2) is 7.81. The molecule has 0 aliphatic heterocycles. The van der Waals surface area contributed by atoms with Crippen molar-refractivity contribution in [3.63, 3.8) is 0 Å². The van der Waals surface area contributed by atoms with Crippen molar-refractivity contribution in [3.05, 3.63) is 0 Å². The summed E-state index contributed by atoms with van der Waals surface area (Å²) in [6, 6.07) is 0.482. The first-order valence-corrected chi connectivity index (χ1v) is 7.60. The molecule has 1 heterocycles. The van der Waals surface area contributed by atoms with E-state index in [-0.39, 0.29) is 5.60 Å². The quantitative estimate of drug-likeness (QED) is 0.696. The lowest BCUT2D eigenvalue weighted by Crippen LogP contribution is -2.27. The van der Waals surface area contributed by atoms with Gasteiger partial charge in [0.25, 0.3) is 0 Å². The van der Waals surface area contributed by atoms with E-state index in [2.05, 4.69) is 48.5 Å². The lowest BCUT2D eigenvalue weighted by Gasteiger charge is -2.22. The summed E-state index contributed by atoms with van der Waals surface area (Å²) in [5, 5.41) is 16.0. The van der Waals surface area contributed by atoms with Crippen LogP contribution in [0.25, 0.3) is 0 Å². The summed E-state index contributed by atoms with van der Waals surface area (Å²) >= 11 is 1.67. The predicted octanol–water partition coefficient (Wildman–Crippen LogP) is 1.58. The van der Waals surface area contributed by atoms with Crippen LogP contribution in [-0.4, -0.2) is 51.3 Å². The van der Waals surface area contributed by atoms with Gasteiger partial charge >= 0.3 is 0 Å². The summed E-state index contributed by atoms with van der Waals surface area (Å²) in [5.41, 5.74) is -0.0928. The number of nitrogens with one attached hydrogen (secondary N) is 1. The van der Waals surface area contributed by atoms with E-state index in [0.29, 0.717) is 6.04 Å². The molecule has 0 fully saturated rings. The van der Waals surface area contributed by atoms with Crippen LogP contribution >= 0.6 is 11.8 Å². The van der Waals surface area contributed by atoms with E-state index in [1.165, 1.54) is 0 Å². The molecule has 1 aromatic heterocycles. The lowest BCUT2D eigenvalue weighted by atomic mass is 10.1. The second-order valence-corrected chi connectivity index (χ2v) is 6.42. The third kappa shape index (κ3) is 6.35. The standard InChI is InChI=1S/C12H25N5OS/c1-10(2)13-7-8-17-11(14-15-16-17)19-9-6-12(3,4)18-5/h10,13H,6-9H2,1-5H3. The second-order valence-electron chi connectivity index (χ2n) is 5.36. The summed E-state index contributed by atoms with van der Waals surface area (Å²) in [6.07, 6.45) is 0.964. The number of hydrogen-bond donors (Lipinski definition) is 1. The molecule has 6 nitrogen and oxygen atoms in total. The van der Waals surface area contributed by atoms with Gasteiger partial charge in [0.2, 0.25) is 5.16 Å². The highest BCUT2D eigenvalue weighted by Crippen LogP contribution is 2.21. The van der Waals surface area contributed by atoms with E-state index in [1.807, 2.05) is 4.68 Å². The van der Waals surface area contributed by atoms with Crippen LogP contribution in [0.1, 0.15) is 34.1 Å². The van der Waals surface area contributed by atoms with E-state index in [1.54, 1.807) is 18.9 Å². The number of ether oxygens (including phenoxy) is 1. The minimum Gasteiger partial charge on any atom is -0.379 e. The molecule has 0 saturated carbocycles. The Morgan fingerprint density at radius 2 is 2.16 bits per heavy atom. The molecule has 0 amide bonds. The first kappa shape index (κ1) is 16.4. The van der Waals surface area contributed by atoms with Crippen molar-refractivity contribution >= 4 is 11.8 Å². The van der Waals surface area contributed by atoms with Crippen molar-refractivity contribution in [2.75, 3.05) is 19.4 Å². The summed E-state index contributed by atoms with van der Waals surface area (Å²) in [7, 11) is 1.74. The smallest absolute Gasteiger partial charge is 0.209 e. The highest BCUT2D eigenvalue weighted by molar-refractivity contribution is 7.99. The van der Waals surface area contributed by atoms with Crippen LogP contribution in [0.3, 0.4) is 0 Å². The maximum Gasteiger partial charge on any atom is 0.209 e. The van der Waals surface area contributed by atoms with Gasteiger partial charge in [-0.15, -0.1) is 5.10 Å². The van der Waals surface area contributed by atoms with Crippen LogP contribution in [0.4, 0.5) is 0 Å². The summed E-state index contributed by atoms with van der Waals surface area (Å²) < 4.78 is 7.24. The van der Waals surface area contributed by atoms with Crippen LogP contribution in [0.2, 0.25) is 0 Å². The van der Waals surface area contributed by atoms with E-state index < -0.39 is 0 Å². The molecule has 0 spiro atoms. The molecule has 7 heteroatoms. The Bertz CT molecular complexity index is 367. The van der Waals surface area contributed by atoms with Gasteiger partial charge in [-0.25, -0.2) is 4.68 Å². The molecule has 0 bridgehead atoms. The van der Waals surface area contributed by atoms with Gasteiger partial charge in [-0.3, -0.25) is 0 Å². The Kier molecular flexibility index (Phi) is 6.74. The van der Waals surface area contributed by atoms with Crippen molar-refractivity contribution in [2.24, 2.45) is 0 Å². The van der Waals surface area contributed by atoms with Crippen molar-refractivity contribution in [2.45, 2.75) is 57.5 Å². The SMILES string of the molecule is COC(C)(C)CCSc1nnnn1CCNC(C)C. The van der Waals surface area contributed by atoms with Gasteiger partial charge in [0.1, 0.15) is 0 Å². The summed E-state index contributed by atoms with van der Waals surface area (Å²) in [4.78, 5) is 0. The van der Waals surface area contributed by atoms with E-state index in [0.717, 1.165) is 30.4 Å². The molecule has 0 aliphatic rings. The zero-order valence-electron chi connectivity index (χ0n) is 12.5. The monoisotopic (exact) mass is 287 g/mol. The van der Waals surface area contributed by atoms with Crippen molar-refractivity contribution in [1.82, 2.24) is 25.5 Å². The normalized spacial score (nSPS) is 12.3. The van der Waals surface area contributed by atoms with Crippen molar-refractivity contribution in [1.29, 1.82) is 0 Å². The number of tetrazole rings is 1. The highest BCUT2D eigenvalue weighted by Gasteiger charge is 2.16. The molecular formula is C12H25N5OS. The summed E-state index contributed by atoms with van der Waals surface area (Å²) in [5.74, 6) is 0.943. The first-order chi connectivity index (χ1) is 8.94. The van der Waals surface area contributed by atoms with Gasteiger partial charge in [-0.1, -0.05) is 25.6 Å². The van der Waals surface area contributed by atoms with E-state index in [9.17, 15) is 0 Å². The van der Waals surface area contributed by atoms with Gasteiger partial charge in [0, 0.05) is 25.4 Å². The van der Waals surface area contributed by atoms with E-state index >= 15 is 0 Å². The first-order valence-electron chi connectivity index (χ1n) is 6.62. The Labute approximate surface area is 119 Å². The van der Waals surface area contributed by atoms with Crippen LogP contribution < -0.4 is 5.32 Å². The molecule has 0 aliphatic carbocycles. The largest absolute Gasteiger partial charge is 0.379 e. The Morgan fingerprint density at radius 3 is 2.79 bits per heavy atom. The molecule has 1 N–H and O–H groups in total. The van der Waals surface area contributed by atoms with E-state index in [4.69, 9.17) is 4.74 Å². The molecule has 1 aromatic rings. The fraction of sp³-hybridized carbons (Fsp3) is 0.917. The maximum atomic E-state index is 5.40. The highest BCUT2D eigenvalue weighted by atomic mass is 32.2. The topological polar surface area (TPSA) is 64.9 Å². The Morgan fingerprint density at radius 1 is 1.42 bits per heavy atom. The third-order valence-corrected chi connectivity index (χ3v) is 3.82. The Balaban J connectivity index is 2.36. The fourth-order valence-electron chi connectivity index (χ4n) is 1.39. The fourth-order valence-corrected chi connectivity index (χ4v) is 2.54. The molecular weight excluding hydrogens is 262 g/mol. The lowest BCUT2D eigenvalue weighted by molar-refractivity contribution is 0.0206. The predicted molar refractivity (Wildman–Crippen MR) is 77.4 cm³/mol. The molecule has 0 saturated heterocycles. The van der Waals surface area contributed by atoms with Crippen molar-refractivity contribution < 1.29 is 4.74 Å². The number of hydrogen-bond acceptors (Lipinski definition) is 6. The molecule has 1 rings (SSSR count). The number of aromatic nitrogens is 4. The molecule has 0 aromatic carbocycles.